The fraction of sp³-hybridized carbons (Fsp3) is 0.211. The van der Waals surface area contributed by atoms with E-state index in [9.17, 15) is 4.79 Å². The third-order valence-corrected chi connectivity index (χ3v) is 4.09. The second kappa shape index (κ2) is 6.76. The molecule has 128 valence electrons. The molecule has 2 aromatic heterocycles. The van der Waals surface area contributed by atoms with Crippen LogP contribution in [0.3, 0.4) is 0 Å². The van der Waals surface area contributed by atoms with Crippen molar-refractivity contribution >= 4 is 11.6 Å². The van der Waals surface area contributed by atoms with E-state index in [2.05, 4.69) is 34.5 Å². The van der Waals surface area contributed by atoms with E-state index in [-0.39, 0.29) is 5.69 Å². The number of rotatable bonds is 5. The molecule has 3 rings (SSSR count). The molecule has 0 saturated heterocycles. The Balaban J connectivity index is 1.84. The van der Waals surface area contributed by atoms with Crippen LogP contribution in [0.5, 0.6) is 0 Å². The van der Waals surface area contributed by atoms with Gasteiger partial charge in [-0.3, -0.25) is 9.78 Å². The zero-order chi connectivity index (χ0) is 18.0. The first kappa shape index (κ1) is 16.7. The predicted octanol–water partition coefficient (Wildman–Crippen LogP) is 2.90. The van der Waals surface area contributed by atoms with Gasteiger partial charge in [-0.05, 0) is 50.1 Å². The number of para-hydroxylation sites is 1. The van der Waals surface area contributed by atoms with Gasteiger partial charge in [-0.25, -0.2) is 4.68 Å². The van der Waals surface area contributed by atoms with Crippen molar-refractivity contribution in [3.8, 4) is 5.69 Å². The number of amides is 1. The van der Waals surface area contributed by atoms with Crippen molar-refractivity contribution in [1.82, 2.24) is 14.8 Å². The lowest BCUT2D eigenvalue weighted by molar-refractivity contribution is 0.0995. The summed E-state index contributed by atoms with van der Waals surface area (Å²) >= 11 is 0. The van der Waals surface area contributed by atoms with Gasteiger partial charge in [0.2, 0.25) is 0 Å². The van der Waals surface area contributed by atoms with E-state index in [1.165, 1.54) is 5.56 Å². The largest absolute Gasteiger partial charge is 0.379 e. The van der Waals surface area contributed by atoms with Crippen molar-refractivity contribution in [2.45, 2.75) is 27.3 Å². The van der Waals surface area contributed by atoms with Crippen molar-refractivity contribution in [2.24, 2.45) is 5.73 Å². The molecule has 6 heteroatoms. The van der Waals surface area contributed by atoms with Gasteiger partial charge >= 0.3 is 0 Å². The van der Waals surface area contributed by atoms with Crippen molar-refractivity contribution in [3.63, 3.8) is 0 Å². The van der Waals surface area contributed by atoms with E-state index in [1.807, 2.05) is 32.0 Å². The number of primary amides is 1. The van der Waals surface area contributed by atoms with E-state index in [1.54, 1.807) is 16.9 Å². The summed E-state index contributed by atoms with van der Waals surface area (Å²) in [5, 5.41) is 7.64. The minimum absolute atomic E-state index is 0.240. The van der Waals surface area contributed by atoms with Crippen molar-refractivity contribution in [2.75, 3.05) is 5.32 Å². The van der Waals surface area contributed by atoms with Crippen molar-refractivity contribution in [1.29, 1.82) is 0 Å². The van der Waals surface area contributed by atoms with E-state index < -0.39 is 5.91 Å². The summed E-state index contributed by atoms with van der Waals surface area (Å²) in [5.74, 6) is -0.541. The van der Waals surface area contributed by atoms with Crippen LogP contribution >= 0.6 is 0 Å². The SMILES string of the molecule is Cc1ccccc1NCc1cc(C)c(-n2ccc(C(N)=O)n2)c(C)n1. The fourth-order valence-corrected chi connectivity index (χ4v) is 2.88. The van der Waals surface area contributed by atoms with Crippen LogP contribution in [0.25, 0.3) is 5.69 Å². The number of nitrogens with zero attached hydrogens (tertiary/aromatic N) is 3. The van der Waals surface area contributed by atoms with Crippen LogP contribution in [0.1, 0.15) is 33.0 Å². The van der Waals surface area contributed by atoms with Gasteiger partial charge in [-0.2, -0.15) is 5.10 Å². The van der Waals surface area contributed by atoms with Gasteiger partial charge < -0.3 is 11.1 Å². The topological polar surface area (TPSA) is 85.8 Å². The second-order valence-electron chi connectivity index (χ2n) is 6.04. The lowest BCUT2D eigenvalue weighted by Gasteiger charge is -2.13. The maximum atomic E-state index is 11.2. The number of nitrogens with one attached hydrogen (secondary N) is 1. The molecule has 0 aliphatic heterocycles. The average molecular weight is 335 g/mol. The summed E-state index contributed by atoms with van der Waals surface area (Å²) in [6.07, 6.45) is 1.72. The number of aromatic nitrogens is 3. The van der Waals surface area contributed by atoms with E-state index in [4.69, 9.17) is 5.73 Å². The summed E-state index contributed by atoms with van der Waals surface area (Å²) in [4.78, 5) is 15.9. The van der Waals surface area contributed by atoms with Gasteiger partial charge in [0.25, 0.3) is 5.91 Å². The maximum Gasteiger partial charge on any atom is 0.269 e. The molecule has 0 atom stereocenters. The number of benzene rings is 1. The molecule has 0 unspecified atom stereocenters. The van der Waals surface area contributed by atoms with Gasteiger partial charge in [0, 0.05) is 11.9 Å². The minimum atomic E-state index is -0.541. The normalized spacial score (nSPS) is 10.7. The molecule has 0 saturated carbocycles. The third-order valence-electron chi connectivity index (χ3n) is 4.09. The Morgan fingerprint density at radius 1 is 1.16 bits per heavy atom. The smallest absolute Gasteiger partial charge is 0.269 e. The van der Waals surface area contributed by atoms with Crippen LogP contribution in [0.15, 0.2) is 42.6 Å². The highest BCUT2D eigenvalue weighted by Gasteiger charge is 2.12. The predicted molar refractivity (Wildman–Crippen MR) is 97.9 cm³/mol. The van der Waals surface area contributed by atoms with Gasteiger partial charge in [-0.15, -0.1) is 0 Å². The quantitative estimate of drug-likeness (QED) is 0.751. The molecule has 0 bridgehead atoms. The molecular weight excluding hydrogens is 314 g/mol. The molecule has 0 radical (unpaired) electrons. The molecule has 0 spiro atoms. The molecule has 0 aliphatic carbocycles. The zero-order valence-corrected chi connectivity index (χ0v) is 14.6. The van der Waals surface area contributed by atoms with Crippen LogP contribution < -0.4 is 11.1 Å². The number of aryl methyl sites for hydroxylation is 3. The first-order valence-corrected chi connectivity index (χ1v) is 8.08. The van der Waals surface area contributed by atoms with Crippen molar-refractivity contribution in [3.05, 3.63) is 70.8 Å². The van der Waals surface area contributed by atoms with Crippen LogP contribution in [-0.4, -0.2) is 20.7 Å². The van der Waals surface area contributed by atoms with E-state index in [0.717, 1.165) is 28.3 Å². The molecule has 25 heavy (non-hydrogen) atoms. The van der Waals surface area contributed by atoms with Gasteiger partial charge in [0.15, 0.2) is 0 Å². The first-order valence-electron chi connectivity index (χ1n) is 8.08. The summed E-state index contributed by atoms with van der Waals surface area (Å²) < 4.78 is 1.65. The Hall–Kier alpha value is -3.15. The number of pyridine rings is 1. The molecule has 1 aromatic carbocycles. The highest BCUT2D eigenvalue weighted by atomic mass is 16.1. The molecule has 1 amide bonds. The number of carbonyl (C=O) groups is 1. The highest BCUT2D eigenvalue weighted by Crippen LogP contribution is 2.20. The summed E-state index contributed by atoms with van der Waals surface area (Å²) in [7, 11) is 0. The fourth-order valence-electron chi connectivity index (χ4n) is 2.88. The standard InChI is InChI=1S/C19H21N5O/c1-12-6-4-5-7-16(12)21-11-15-10-13(2)18(14(3)22-15)24-9-8-17(23-24)19(20)25/h4-10,21H,11H2,1-3H3,(H2,20,25). The maximum absolute atomic E-state index is 11.2. The number of hydrogen-bond acceptors (Lipinski definition) is 4. The Morgan fingerprint density at radius 3 is 2.56 bits per heavy atom. The van der Waals surface area contributed by atoms with Gasteiger partial charge in [0.1, 0.15) is 5.69 Å². The summed E-state index contributed by atoms with van der Waals surface area (Å²) in [6.45, 7) is 6.65. The van der Waals surface area contributed by atoms with Gasteiger partial charge in [0.05, 0.1) is 23.6 Å². The number of nitrogens with two attached hydrogens (primary N) is 1. The van der Waals surface area contributed by atoms with Crippen molar-refractivity contribution < 1.29 is 4.79 Å². The number of anilines is 1. The summed E-state index contributed by atoms with van der Waals surface area (Å²) in [5.41, 5.74) is 11.5. The molecule has 0 aliphatic rings. The van der Waals surface area contributed by atoms with Crippen LogP contribution in [-0.2, 0) is 6.54 Å². The molecule has 3 N–H and O–H groups in total. The number of carbonyl (C=O) groups excluding carboxylic acids is 1. The van der Waals surface area contributed by atoms with E-state index in [0.29, 0.717) is 6.54 Å². The Bertz CT molecular complexity index is 906. The monoisotopic (exact) mass is 335 g/mol. The molecule has 0 fully saturated rings. The average Bonchev–Trinajstić information content (AvgIpc) is 3.03. The Kier molecular flexibility index (Phi) is 4.52. The third kappa shape index (κ3) is 3.52. The van der Waals surface area contributed by atoms with E-state index >= 15 is 0 Å². The van der Waals surface area contributed by atoms with Crippen LogP contribution in [0, 0.1) is 20.8 Å². The molecule has 6 nitrogen and oxygen atoms in total. The minimum Gasteiger partial charge on any atom is -0.379 e. The molecule has 2 heterocycles. The Labute approximate surface area is 146 Å². The van der Waals surface area contributed by atoms with Gasteiger partial charge in [-0.1, -0.05) is 18.2 Å². The molecule has 3 aromatic rings. The zero-order valence-electron chi connectivity index (χ0n) is 14.6. The van der Waals surface area contributed by atoms with Crippen LogP contribution in [0.2, 0.25) is 0 Å². The van der Waals surface area contributed by atoms with Crippen LogP contribution in [0.4, 0.5) is 5.69 Å². The lowest BCUT2D eigenvalue weighted by atomic mass is 10.1. The number of hydrogen-bond donors (Lipinski definition) is 2. The lowest BCUT2D eigenvalue weighted by Crippen LogP contribution is -2.13. The Morgan fingerprint density at radius 2 is 1.92 bits per heavy atom. The molecular formula is C19H21N5O. The summed E-state index contributed by atoms with van der Waals surface area (Å²) in [6, 6.07) is 11.8. The first-order chi connectivity index (χ1) is 12.0. The highest BCUT2D eigenvalue weighted by molar-refractivity contribution is 5.90. The second-order valence-corrected chi connectivity index (χ2v) is 6.04.